The van der Waals surface area contributed by atoms with Crippen LogP contribution in [0.3, 0.4) is 0 Å². The van der Waals surface area contributed by atoms with E-state index in [4.69, 9.17) is 22.7 Å². The van der Waals surface area contributed by atoms with Gasteiger partial charge in [-0.15, -0.1) is 0 Å². The van der Waals surface area contributed by atoms with Crippen molar-refractivity contribution >= 4 is 22.9 Å². The Balaban J connectivity index is 2.36. The summed E-state index contributed by atoms with van der Waals surface area (Å²) in [6, 6.07) is 8.09. The van der Waals surface area contributed by atoms with Crippen molar-refractivity contribution in [2.24, 2.45) is 5.73 Å². The lowest BCUT2D eigenvalue weighted by Gasteiger charge is -2.29. The summed E-state index contributed by atoms with van der Waals surface area (Å²) in [5.41, 5.74) is 6.81. The predicted molar refractivity (Wildman–Crippen MR) is 70.1 cm³/mol. The van der Waals surface area contributed by atoms with Gasteiger partial charge in [-0.2, -0.15) is 0 Å². The van der Waals surface area contributed by atoms with Crippen LogP contribution < -0.4 is 15.4 Å². The topological polar surface area (TPSA) is 38.5 Å². The van der Waals surface area contributed by atoms with Crippen molar-refractivity contribution in [2.75, 3.05) is 18.1 Å². The summed E-state index contributed by atoms with van der Waals surface area (Å²) in [4.78, 5) is 2.74. The van der Waals surface area contributed by atoms with Crippen LogP contribution in [-0.4, -0.2) is 24.2 Å². The van der Waals surface area contributed by atoms with E-state index in [1.54, 1.807) is 0 Å². The van der Waals surface area contributed by atoms with Gasteiger partial charge in [0.25, 0.3) is 0 Å². The molecule has 0 aromatic heterocycles. The lowest BCUT2D eigenvalue weighted by Crippen LogP contribution is -2.42. The van der Waals surface area contributed by atoms with E-state index < -0.39 is 0 Å². The maximum Gasteiger partial charge on any atom is 0.142 e. The monoisotopic (exact) mass is 236 g/mol. The standard InChI is InChI=1S/C12H16N2OS/c1-9(12(13)16)14-7-4-8-15-11-6-3-2-5-10(11)14/h2-3,5-6,9H,4,7-8H2,1H3,(H2,13,16). The van der Waals surface area contributed by atoms with Gasteiger partial charge in [0.1, 0.15) is 5.75 Å². The van der Waals surface area contributed by atoms with E-state index in [9.17, 15) is 0 Å². The molecule has 0 bridgehead atoms. The van der Waals surface area contributed by atoms with Crippen molar-refractivity contribution in [1.82, 2.24) is 0 Å². The third-order valence-corrected chi connectivity index (χ3v) is 3.20. The molecule has 2 N–H and O–H groups in total. The molecule has 0 saturated heterocycles. The highest BCUT2D eigenvalue weighted by atomic mass is 32.1. The number of rotatable bonds is 2. The molecule has 0 spiro atoms. The zero-order valence-electron chi connectivity index (χ0n) is 9.35. The molecule has 1 aromatic rings. The lowest BCUT2D eigenvalue weighted by molar-refractivity contribution is 0.322. The minimum Gasteiger partial charge on any atom is -0.491 e. The molecule has 1 heterocycles. The molecule has 2 rings (SSSR count). The summed E-state index contributed by atoms with van der Waals surface area (Å²) < 4.78 is 5.68. The number of nitrogens with two attached hydrogens (primary N) is 1. The van der Waals surface area contributed by atoms with E-state index in [1.807, 2.05) is 25.1 Å². The Kier molecular flexibility index (Phi) is 3.29. The number of thiocarbonyl (C=S) groups is 1. The number of fused-ring (bicyclic) bond motifs is 1. The van der Waals surface area contributed by atoms with Crippen LogP contribution in [0.15, 0.2) is 24.3 Å². The van der Waals surface area contributed by atoms with Crippen molar-refractivity contribution in [1.29, 1.82) is 0 Å². The van der Waals surface area contributed by atoms with E-state index in [1.165, 1.54) is 0 Å². The molecule has 1 aliphatic rings. The molecule has 16 heavy (non-hydrogen) atoms. The molecule has 1 aliphatic heterocycles. The van der Waals surface area contributed by atoms with Gasteiger partial charge in [0, 0.05) is 6.54 Å². The summed E-state index contributed by atoms with van der Waals surface area (Å²) >= 11 is 5.07. The SMILES string of the molecule is CC(C(N)=S)N1CCCOc2ccccc21. The first-order chi connectivity index (χ1) is 7.70. The highest BCUT2D eigenvalue weighted by Crippen LogP contribution is 2.31. The van der Waals surface area contributed by atoms with Crippen LogP contribution in [0.4, 0.5) is 5.69 Å². The Morgan fingerprint density at radius 3 is 3.00 bits per heavy atom. The number of para-hydroxylation sites is 2. The molecule has 0 amide bonds. The maximum absolute atomic E-state index is 5.72. The Hall–Kier alpha value is -1.29. The average molecular weight is 236 g/mol. The Bertz CT molecular complexity index is 394. The quantitative estimate of drug-likeness (QED) is 0.797. The molecule has 0 fully saturated rings. The molecular weight excluding hydrogens is 220 g/mol. The van der Waals surface area contributed by atoms with Crippen LogP contribution in [0.1, 0.15) is 13.3 Å². The van der Waals surface area contributed by atoms with Crippen LogP contribution in [0.5, 0.6) is 5.75 Å². The molecule has 1 atom stereocenters. The second-order valence-electron chi connectivity index (χ2n) is 3.94. The highest BCUT2D eigenvalue weighted by molar-refractivity contribution is 7.80. The third-order valence-electron chi connectivity index (χ3n) is 2.85. The van der Waals surface area contributed by atoms with Gasteiger partial charge >= 0.3 is 0 Å². The minimum absolute atomic E-state index is 0.0675. The fraction of sp³-hybridized carbons (Fsp3) is 0.417. The molecule has 0 radical (unpaired) electrons. The van der Waals surface area contributed by atoms with Crippen molar-refractivity contribution in [3.05, 3.63) is 24.3 Å². The van der Waals surface area contributed by atoms with E-state index in [-0.39, 0.29) is 6.04 Å². The maximum atomic E-state index is 5.72. The number of anilines is 1. The van der Waals surface area contributed by atoms with Gasteiger partial charge in [0.2, 0.25) is 0 Å². The fourth-order valence-corrected chi connectivity index (χ4v) is 2.04. The zero-order valence-corrected chi connectivity index (χ0v) is 10.2. The smallest absolute Gasteiger partial charge is 0.142 e. The summed E-state index contributed by atoms with van der Waals surface area (Å²) in [6.07, 6.45) is 0.988. The molecule has 1 aromatic carbocycles. The zero-order chi connectivity index (χ0) is 11.5. The molecule has 0 aliphatic carbocycles. The third kappa shape index (κ3) is 2.11. The molecule has 0 saturated carbocycles. The predicted octanol–water partition coefficient (Wildman–Crippen LogP) is 1.95. The summed E-state index contributed by atoms with van der Waals surface area (Å²) in [5, 5.41) is 0. The van der Waals surface area contributed by atoms with Crippen molar-refractivity contribution in [3.8, 4) is 5.75 Å². The fourth-order valence-electron chi connectivity index (χ4n) is 1.91. The largest absolute Gasteiger partial charge is 0.491 e. The normalized spacial score (nSPS) is 16.9. The van der Waals surface area contributed by atoms with Gasteiger partial charge in [-0.3, -0.25) is 0 Å². The molecule has 4 heteroatoms. The first-order valence-corrected chi connectivity index (χ1v) is 5.89. The Labute approximate surface area is 101 Å². The van der Waals surface area contributed by atoms with Gasteiger partial charge in [-0.05, 0) is 25.5 Å². The average Bonchev–Trinajstić information content (AvgIpc) is 2.50. The molecule has 1 unspecified atom stereocenters. The van der Waals surface area contributed by atoms with Crippen LogP contribution in [0, 0.1) is 0 Å². The molecule has 86 valence electrons. The van der Waals surface area contributed by atoms with Gasteiger partial charge in [0.15, 0.2) is 0 Å². The highest BCUT2D eigenvalue weighted by Gasteiger charge is 2.21. The van der Waals surface area contributed by atoms with Crippen molar-refractivity contribution in [3.63, 3.8) is 0 Å². The van der Waals surface area contributed by atoms with Crippen molar-refractivity contribution < 1.29 is 4.74 Å². The first-order valence-electron chi connectivity index (χ1n) is 5.48. The lowest BCUT2D eigenvalue weighted by atomic mass is 10.2. The van der Waals surface area contributed by atoms with Gasteiger partial charge in [-0.25, -0.2) is 0 Å². The van der Waals surface area contributed by atoms with Gasteiger partial charge < -0.3 is 15.4 Å². The number of benzene rings is 1. The Morgan fingerprint density at radius 1 is 1.50 bits per heavy atom. The van der Waals surface area contributed by atoms with E-state index >= 15 is 0 Å². The van der Waals surface area contributed by atoms with Gasteiger partial charge in [0.05, 0.1) is 23.3 Å². The second kappa shape index (κ2) is 4.70. The number of ether oxygens (including phenoxy) is 1. The summed E-state index contributed by atoms with van der Waals surface area (Å²) in [6.45, 7) is 3.71. The molecule has 3 nitrogen and oxygen atoms in total. The number of nitrogens with zero attached hydrogens (tertiary/aromatic N) is 1. The van der Waals surface area contributed by atoms with Crippen LogP contribution >= 0.6 is 12.2 Å². The summed E-state index contributed by atoms with van der Waals surface area (Å²) in [7, 11) is 0. The number of hydrogen-bond acceptors (Lipinski definition) is 3. The van der Waals surface area contributed by atoms with Crippen LogP contribution in [0.25, 0.3) is 0 Å². The molecular formula is C12H16N2OS. The van der Waals surface area contributed by atoms with Crippen molar-refractivity contribution in [2.45, 2.75) is 19.4 Å². The van der Waals surface area contributed by atoms with Crippen LogP contribution in [-0.2, 0) is 0 Å². The van der Waals surface area contributed by atoms with Gasteiger partial charge in [-0.1, -0.05) is 24.4 Å². The Morgan fingerprint density at radius 2 is 2.25 bits per heavy atom. The summed E-state index contributed by atoms with van der Waals surface area (Å²) in [5.74, 6) is 0.920. The van der Waals surface area contributed by atoms with E-state index in [0.717, 1.165) is 31.0 Å². The van der Waals surface area contributed by atoms with E-state index in [0.29, 0.717) is 4.99 Å². The van der Waals surface area contributed by atoms with E-state index in [2.05, 4.69) is 11.0 Å². The minimum atomic E-state index is 0.0675. The first kappa shape index (κ1) is 11.2. The van der Waals surface area contributed by atoms with Crippen LogP contribution in [0.2, 0.25) is 0 Å². The second-order valence-corrected chi connectivity index (χ2v) is 4.41. The number of hydrogen-bond donors (Lipinski definition) is 1.